The second-order valence-corrected chi connectivity index (χ2v) is 8.82. The third kappa shape index (κ3) is 1.75. The SMILES string of the molecule is COC(=O)N1c2ccc(OC)cc2[C@]23CCN4CC=C[C@]45CC[C@]12[C@@H](C5)C(=O)O3. The fraction of sp³-hybridized carbons (Fsp3) is 0.545. The molecule has 6 aliphatic rings. The first-order valence-corrected chi connectivity index (χ1v) is 10.2. The van der Waals surface area contributed by atoms with Gasteiger partial charge in [-0.2, -0.15) is 0 Å². The van der Waals surface area contributed by atoms with E-state index in [1.54, 1.807) is 12.0 Å². The smallest absolute Gasteiger partial charge is 0.414 e. The predicted molar refractivity (Wildman–Crippen MR) is 104 cm³/mol. The molecular weight excluding hydrogens is 372 g/mol. The average Bonchev–Trinajstić information content (AvgIpc) is 3.29. The highest BCUT2D eigenvalue weighted by Crippen LogP contribution is 2.68. The van der Waals surface area contributed by atoms with Gasteiger partial charge in [-0.3, -0.25) is 14.6 Å². The minimum absolute atomic E-state index is 0.111. The van der Waals surface area contributed by atoms with E-state index in [0.29, 0.717) is 25.0 Å². The van der Waals surface area contributed by atoms with Crippen LogP contribution in [0.25, 0.3) is 0 Å². The van der Waals surface area contributed by atoms with Crippen molar-refractivity contribution in [1.29, 1.82) is 0 Å². The van der Waals surface area contributed by atoms with E-state index < -0.39 is 17.2 Å². The number of anilines is 1. The Morgan fingerprint density at radius 1 is 1.24 bits per heavy atom. The number of carbonyl (C=O) groups excluding carboxylic acids is 2. The highest BCUT2D eigenvalue weighted by Gasteiger charge is 2.78. The van der Waals surface area contributed by atoms with Crippen molar-refractivity contribution in [3.8, 4) is 5.75 Å². The Morgan fingerprint density at radius 3 is 2.90 bits per heavy atom. The lowest BCUT2D eigenvalue weighted by atomic mass is 9.58. The average molecular weight is 396 g/mol. The Morgan fingerprint density at radius 2 is 2.10 bits per heavy atom. The summed E-state index contributed by atoms with van der Waals surface area (Å²) in [5.74, 6) is 0.0995. The van der Waals surface area contributed by atoms with Gasteiger partial charge in [0.25, 0.3) is 0 Å². The van der Waals surface area contributed by atoms with Gasteiger partial charge in [0.05, 0.1) is 25.8 Å². The van der Waals surface area contributed by atoms with Crippen molar-refractivity contribution in [2.45, 2.75) is 42.4 Å². The first-order chi connectivity index (χ1) is 14.0. The number of amides is 1. The van der Waals surface area contributed by atoms with Gasteiger partial charge in [0, 0.05) is 30.6 Å². The fourth-order valence-electron chi connectivity index (χ4n) is 6.90. The molecule has 2 spiro atoms. The van der Waals surface area contributed by atoms with E-state index >= 15 is 0 Å². The maximum atomic E-state index is 13.3. The van der Waals surface area contributed by atoms with Crippen LogP contribution in [0.3, 0.4) is 0 Å². The molecule has 1 aromatic carbocycles. The predicted octanol–water partition coefficient (Wildman–Crippen LogP) is 2.59. The first-order valence-electron chi connectivity index (χ1n) is 10.2. The standard InChI is InChI=1S/C22H24N2O5/c1-27-14-4-5-17-15(12-14)22-9-11-23-10-3-6-20(23)7-8-21(22,24(17)19(26)28-2)16(13-20)18(25)29-22/h3-6,12,16H,7-11,13H2,1-2H3/t16-,20+,21+,22+/m0/s1. The number of carbonyl (C=O) groups is 2. The van der Waals surface area contributed by atoms with Crippen LogP contribution in [0, 0.1) is 5.92 Å². The van der Waals surface area contributed by atoms with Crippen LogP contribution in [-0.4, -0.2) is 55.3 Å². The summed E-state index contributed by atoms with van der Waals surface area (Å²) in [6.07, 6.45) is 6.94. The lowest BCUT2D eigenvalue weighted by molar-refractivity contribution is -0.152. The van der Waals surface area contributed by atoms with Crippen molar-refractivity contribution >= 4 is 17.7 Å². The number of hydrogen-bond donors (Lipinski definition) is 0. The van der Waals surface area contributed by atoms with E-state index in [0.717, 1.165) is 30.8 Å². The van der Waals surface area contributed by atoms with Crippen LogP contribution >= 0.6 is 0 Å². The summed E-state index contributed by atoms with van der Waals surface area (Å²) in [7, 11) is 3.01. The molecule has 4 fully saturated rings. The Bertz CT molecular complexity index is 976. The van der Waals surface area contributed by atoms with Gasteiger partial charge in [0.15, 0.2) is 5.60 Å². The summed E-state index contributed by atoms with van der Waals surface area (Å²) < 4.78 is 17.0. The highest BCUT2D eigenvalue weighted by atomic mass is 16.6. The van der Waals surface area contributed by atoms with Gasteiger partial charge in [0.2, 0.25) is 0 Å². The number of ether oxygens (including phenoxy) is 3. The second-order valence-electron chi connectivity index (χ2n) is 8.82. The number of benzene rings is 1. The molecule has 1 aromatic rings. The van der Waals surface area contributed by atoms with Crippen molar-refractivity contribution in [3.63, 3.8) is 0 Å². The Hall–Kier alpha value is -2.54. The van der Waals surface area contributed by atoms with Crippen LogP contribution in [0.4, 0.5) is 10.5 Å². The maximum Gasteiger partial charge on any atom is 0.414 e. The molecule has 1 saturated carbocycles. The van der Waals surface area contributed by atoms with Gasteiger partial charge < -0.3 is 14.2 Å². The largest absolute Gasteiger partial charge is 0.497 e. The molecule has 0 aromatic heterocycles. The zero-order valence-electron chi connectivity index (χ0n) is 16.6. The van der Waals surface area contributed by atoms with Crippen molar-refractivity contribution < 1.29 is 23.8 Å². The summed E-state index contributed by atoms with van der Waals surface area (Å²) in [6.45, 7) is 1.70. The highest BCUT2D eigenvalue weighted by molar-refractivity contribution is 5.98. The van der Waals surface area contributed by atoms with Gasteiger partial charge in [-0.05, 0) is 37.5 Å². The van der Waals surface area contributed by atoms with Gasteiger partial charge >= 0.3 is 12.1 Å². The van der Waals surface area contributed by atoms with Crippen LogP contribution < -0.4 is 9.64 Å². The molecule has 7 heteroatoms. The summed E-state index contributed by atoms with van der Waals surface area (Å²) in [5, 5.41) is 0. The molecule has 5 aliphatic heterocycles. The summed E-state index contributed by atoms with van der Waals surface area (Å²) >= 11 is 0. The van der Waals surface area contributed by atoms with Crippen molar-refractivity contribution in [2.75, 3.05) is 32.2 Å². The molecule has 4 atom stereocenters. The number of nitrogens with zero attached hydrogens (tertiary/aromatic N) is 2. The van der Waals surface area contributed by atoms with Gasteiger partial charge in [-0.25, -0.2) is 4.79 Å². The van der Waals surface area contributed by atoms with Crippen molar-refractivity contribution in [1.82, 2.24) is 4.90 Å². The molecule has 0 unspecified atom stereocenters. The monoisotopic (exact) mass is 396 g/mol. The zero-order valence-corrected chi connectivity index (χ0v) is 16.6. The molecule has 7 nitrogen and oxygen atoms in total. The minimum Gasteiger partial charge on any atom is -0.497 e. The third-order valence-electron chi connectivity index (χ3n) is 8.09. The number of hydrogen-bond acceptors (Lipinski definition) is 6. The Labute approximate surface area is 169 Å². The van der Waals surface area contributed by atoms with Crippen LogP contribution in [0.15, 0.2) is 30.4 Å². The molecule has 29 heavy (non-hydrogen) atoms. The quantitative estimate of drug-likeness (QED) is 0.537. The lowest BCUT2D eigenvalue weighted by Gasteiger charge is -2.56. The van der Waals surface area contributed by atoms with E-state index in [9.17, 15) is 9.59 Å². The number of rotatable bonds is 1. The molecule has 152 valence electrons. The maximum absolute atomic E-state index is 13.3. The fourth-order valence-corrected chi connectivity index (χ4v) is 6.90. The molecular formula is C22H24N2O5. The number of esters is 1. The topological polar surface area (TPSA) is 68.3 Å². The Kier molecular flexibility index (Phi) is 3.18. The van der Waals surface area contributed by atoms with Crippen LogP contribution in [-0.2, 0) is 19.9 Å². The molecule has 1 aliphatic carbocycles. The first kappa shape index (κ1) is 17.3. The second kappa shape index (κ2) is 5.33. The summed E-state index contributed by atoms with van der Waals surface area (Å²) in [5.41, 5.74) is -0.107. The zero-order chi connectivity index (χ0) is 20.0. The molecule has 4 bridgehead atoms. The van der Waals surface area contributed by atoms with Crippen molar-refractivity contribution in [2.24, 2.45) is 5.92 Å². The van der Waals surface area contributed by atoms with Gasteiger partial charge in [0.1, 0.15) is 11.3 Å². The Balaban J connectivity index is 1.64. The number of methoxy groups -OCH3 is 2. The third-order valence-corrected chi connectivity index (χ3v) is 8.09. The van der Waals surface area contributed by atoms with E-state index in [-0.39, 0.29) is 17.4 Å². The number of fused-ring (bicyclic) bond motifs is 3. The normalized spacial score (nSPS) is 38.8. The molecule has 0 radical (unpaired) electrons. The van der Waals surface area contributed by atoms with Gasteiger partial charge in [-0.15, -0.1) is 0 Å². The van der Waals surface area contributed by atoms with E-state index in [2.05, 4.69) is 17.1 Å². The molecule has 0 N–H and O–H groups in total. The molecule has 1 amide bonds. The van der Waals surface area contributed by atoms with E-state index in [1.807, 2.05) is 18.2 Å². The summed E-state index contributed by atoms with van der Waals surface area (Å²) in [4.78, 5) is 30.6. The lowest BCUT2D eigenvalue weighted by Crippen LogP contribution is -2.68. The van der Waals surface area contributed by atoms with E-state index in [1.165, 1.54) is 7.11 Å². The van der Waals surface area contributed by atoms with Crippen LogP contribution in [0.5, 0.6) is 5.75 Å². The van der Waals surface area contributed by atoms with Crippen molar-refractivity contribution in [3.05, 3.63) is 35.9 Å². The van der Waals surface area contributed by atoms with Crippen LogP contribution in [0.1, 0.15) is 31.2 Å². The van der Waals surface area contributed by atoms with E-state index in [4.69, 9.17) is 14.2 Å². The summed E-state index contributed by atoms with van der Waals surface area (Å²) in [6, 6.07) is 5.68. The van der Waals surface area contributed by atoms with Crippen LogP contribution in [0.2, 0.25) is 0 Å². The molecule has 3 saturated heterocycles. The molecule has 5 heterocycles. The van der Waals surface area contributed by atoms with Gasteiger partial charge in [-0.1, -0.05) is 12.2 Å². The minimum atomic E-state index is -0.873. The molecule has 7 rings (SSSR count).